The molecule has 0 bridgehead atoms. The molecule has 2 aliphatic heterocycles. The molecule has 22 heavy (non-hydrogen) atoms. The predicted octanol–water partition coefficient (Wildman–Crippen LogP) is 1.47. The van der Waals surface area contributed by atoms with Crippen molar-refractivity contribution in [2.24, 2.45) is 0 Å². The van der Waals surface area contributed by atoms with Gasteiger partial charge in [-0.2, -0.15) is 0 Å². The first-order valence-corrected chi connectivity index (χ1v) is 7.56. The molecule has 0 aromatic heterocycles. The summed E-state index contributed by atoms with van der Waals surface area (Å²) in [5, 5.41) is 9.25. The van der Waals surface area contributed by atoms with E-state index in [0.29, 0.717) is 37.7 Å². The van der Waals surface area contributed by atoms with Crippen molar-refractivity contribution in [1.29, 1.82) is 0 Å². The van der Waals surface area contributed by atoms with Crippen LogP contribution in [0.5, 0.6) is 11.5 Å². The van der Waals surface area contributed by atoms with Crippen molar-refractivity contribution in [1.82, 2.24) is 4.90 Å². The van der Waals surface area contributed by atoms with Crippen molar-refractivity contribution >= 4 is 11.9 Å². The van der Waals surface area contributed by atoms with Gasteiger partial charge in [0.15, 0.2) is 11.5 Å². The Balaban J connectivity index is 1.71. The molecule has 6 nitrogen and oxygen atoms in total. The topological polar surface area (TPSA) is 76.1 Å². The lowest BCUT2D eigenvalue weighted by molar-refractivity contribution is -0.151. The Morgan fingerprint density at radius 1 is 1.18 bits per heavy atom. The summed E-state index contributed by atoms with van der Waals surface area (Å²) in [6.07, 6.45) is 2.42. The number of hydrogen-bond donors (Lipinski definition) is 1. The molecule has 1 saturated heterocycles. The summed E-state index contributed by atoms with van der Waals surface area (Å²) in [5.41, 5.74) is 0.809. The Bertz CT molecular complexity index is 586. The number of amides is 1. The summed E-state index contributed by atoms with van der Waals surface area (Å²) in [7, 11) is 0. The molecule has 0 saturated carbocycles. The summed E-state index contributed by atoms with van der Waals surface area (Å²) < 4.78 is 11.0. The molecule has 1 aromatic rings. The minimum Gasteiger partial charge on any atom is -0.486 e. The molecule has 118 valence electrons. The number of piperidine rings is 1. The first kappa shape index (κ1) is 14.7. The molecular formula is C16H19NO5. The van der Waals surface area contributed by atoms with E-state index >= 15 is 0 Å². The normalized spacial score (nSPS) is 20.5. The molecule has 6 heteroatoms. The van der Waals surface area contributed by atoms with Gasteiger partial charge in [-0.15, -0.1) is 0 Å². The number of benzene rings is 1. The van der Waals surface area contributed by atoms with Crippen LogP contribution in [0.15, 0.2) is 18.2 Å². The van der Waals surface area contributed by atoms with Crippen molar-refractivity contribution in [2.75, 3.05) is 19.8 Å². The van der Waals surface area contributed by atoms with E-state index in [0.717, 1.165) is 18.4 Å². The average Bonchev–Trinajstić information content (AvgIpc) is 2.54. The lowest BCUT2D eigenvalue weighted by Crippen LogP contribution is -2.48. The minimum absolute atomic E-state index is 0.149. The third-order valence-electron chi connectivity index (χ3n) is 4.07. The first-order valence-electron chi connectivity index (χ1n) is 7.56. The number of ether oxygens (including phenoxy) is 2. The van der Waals surface area contributed by atoms with Crippen LogP contribution in [0, 0.1) is 0 Å². The molecule has 1 unspecified atom stereocenters. The van der Waals surface area contributed by atoms with Crippen LogP contribution in [0.25, 0.3) is 0 Å². The highest BCUT2D eigenvalue weighted by Crippen LogP contribution is 2.31. The number of hydrogen-bond acceptors (Lipinski definition) is 4. The molecular weight excluding hydrogens is 286 g/mol. The van der Waals surface area contributed by atoms with Gasteiger partial charge in [-0.25, -0.2) is 4.79 Å². The van der Waals surface area contributed by atoms with Gasteiger partial charge in [-0.3, -0.25) is 4.79 Å². The second-order valence-corrected chi connectivity index (χ2v) is 5.59. The monoisotopic (exact) mass is 305 g/mol. The van der Waals surface area contributed by atoms with E-state index in [1.165, 1.54) is 4.90 Å². The Morgan fingerprint density at radius 2 is 1.95 bits per heavy atom. The predicted molar refractivity (Wildman–Crippen MR) is 78.1 cm³/mol. The SMILES string of the molecule is O=C(O)C1CCCCN1C(=O)Cc1ccc2c(c1)OCCO2. The van der Waals surface area contributed by atoms with E-state index in [1.54, 1.807) is 12.1 Å². The average molecular weight is 305 g/mol. The third-order valence-corrected chi connectivity index (χ3v) is 4.07. The highest BCUT2D eigenvalue weighted by molar-refractivity contribution is 5.85. The van der Waals surface area contributed by atoms with Gasteiger partial charge in [0.25, 0.3) is 0 Å². The van der Waals surface area contributed by atoms with Crippen LogP contribution in [0.3, 0.4) is 0 Å². The lowest BCUT2D eigenvalue weighted by atomic mass is 10.0. The summed E-state index contributed by atoms with van der Waals surface area (Å²) in [5.74, 6) is 0.257. The highest BCUT2D eigenvalue weighted by Gasteiger charge is 2.31. The van der Waals surface area contributed by atoms with Crippen LogP contribution < -0.4 is 9.47 Å². The summed E-state index contributed by atoms with van der Waals surface area (Å²) >= 11 is 0. The first-order chi connectivity index (χ1) is 10.6. The van der Waals surface area contributed by atoms with E-state index in [4.69, 9.17) is 9.47 Å². The van der Waals surface area contributed by atoms with Crippen molar-refractivity contribution in [3.63, 3.8) is 0 Å². The van der Waals surface area contributed by atoms with Gasteiger partial charge in [0.05, 0.1) is 6.42 Å². The summed E-state index contributed by atoms with van der Waals surface area (Å²) in [6, 6.07) is 4.72. The van der Waals surface area contributed by atoms with Gasteiger partial charge in [-0.05, 0) is 37.0 Å². The largest absolute Gasteiger partial charge is 0.486 e. The van der Waals surface area contributed by atoms with E-state index in [-0.39, 0.29) is 12.3 Å². The second-order valence-electron chi connectivity index (χ2n) is 5.59. The fourth-order valence-corrected chi connectivity index (χ4v) is 2.96. The number of carboxylic acids is 1. The maximum absolute atomic E-state index is 12.4. The fraction of sp³-hybridized carbons (Fsp3) is 0.500. The third kappa shape index (κ3) is 3.00. The number of carbonyl (C=O) groups is 2. The number of aliphatic carboxylic acids is 1. The lowest BCUT2D eigenvalue weighted by Gasteiger charge is -2.33. The quantitative estimate of drug-likeness (QED) is 0.915. The van der Waals surface area contributed by atoms with Crippen molar-refractivity contribution in [3.8, 4) is 11.5 Å². The number of likely N-dealkylation sites (tertiary alicyclic amines) is 1. The molecule has 0 spiro atoms. The zero-order valence-electron chi connectivity index (χ0n) is 12.3. The van der Waals surface area contributed by atoms with Crippen molar-refractivity contribution < 1.29 is 24.2 Å². The molecule has 2 heterocycles. The van der Waals surface area contributed by atoms with Gasteiger partial charge in [0.2, 0.25) is 5.91 Å². The Morgan fingerprint density at radius 3 is 2.73 bits per heavy atom. The molecule has 1 amide bonds. The number of carbonyl (C=O) groups excluding carboxylic acids is 1. The van der Waals surface area contributed by atoms with Crippen LogP contribution >= 0.6 is 0 Å². The van der Waals surface area contributed by atoms with E-state index < -0.39 is 12.0 Å². The molecule has 1 N–H and O–H groups in total. The van der Waals surface area contributed by atoms with Crippen LogP contribution in [0.4, 0.5) is 0 Å². The number of fused-ring (bicyclic) bond motifs is 1. The minimum atomic E-state index is -0.921. The van der Waals surface area contributed by atoms with Crippen LogP contribution in [-0.4, -0.2) is 47.7 Å². The molecule has 1 aromatic carbocycles. The molecule has 0 aliphatic carbocycles. The number of carboxylic acid groups (broad SMARTS) is 1. The molecule has 1 atom stereocenters. The maximum atomic E-state index is 12.4. The van der Waals surface area contributed by atoms with Crippen molar-refractivity contribution in [3.05, 3.63) is 23.8 Å². The van der Waals surface area contributed by atoms with E-state index in [2.05, 4.69) is 0 Å². The van der Waals surface area contributed by atoms with Crippen LogP contribution in [0.1, 0.15) is 24.8 Å². The standard InChI is InChI=1S/C16H19NO5/c18-15(17-6-2-1-3-12(17)16(19)20)10-11-4-5-13-14(9-11)22-8-7-21-13/h4-5,9,12H,1-3,6-8,10H2,(H,19,20). The smallest absolute Gasteiger partial charge is 0.326 e. The summed E-state index contributed by atoms with van der Waals surface area (Å²) in [6.45, 7) is 1.54. The second kappa shape index (κ2) is 6.25. The van der Waals surface area contributed by atoms with Gasteiger partial charge in [0, 0.05) is 6.54 Å². The summed E-state index contributed by atoms with van der Waals surface area (Å²) in [4.78, 5) is 25.2. The van der Waals surface area contributed by atoms with Gasteiger partial charge in [0.1, 0.15) is 19.3 Å². The van der Waals surface area contributed by atoms with Crippen molar-refractivity contribution in [2.45, 2.75) is 31.7 Å². The molecule has 3 rings (SSSR count). The Hall–Kier alpha value is -2.24. The highest BCUT2D eigenvalue weighted by atomic mass is 16.6. The van der Waals surface area contributed by atoms with E-state index in [9.17, 15) is 14.7 Å². The molecule has 0 radical (unpaired) electrons. The van der Waals surface area contributed by atoms with Gasteiger partial charge >= 0.3 is 5.97 Å². The van der Waals surface area contributed by atoms with Crippen LogP contribution in [0.2, 0.25) is 0 Å². The zero-order chi connectivity index (χ0) is 15.5. The fourth-order valence-electron chi connectivity index (χ4n) is 2.96. The van der Waals surface area contributed by atoms with Crippen LogP contribution in [-0.2, 0) is 16.0 Å². The molecule has 1 fully saturated rings. The maximum Gasteiger partial charge on any atom is 0.326 e. The number of nitrogens with zero attached hydrogens (tertiary/aromatic N) is 1. The number of rotatable bonds is 3. The Labute approximate surface area is 128 Å². The van der Waals surface area contributed by atoms with Gasteiger partial charge < -0.3 is 19.5 Å². The molecule has 2 aliphatic rings. The van der Waals surface area contributed by atoms with E-state index in [1.807, 2.05) is 6.07 Å². The Kier molecular flexibility index (Phi) is 4.18. The van der Waals surface area contributed by atoms with Gasteiger partial charge in [-0.1, -0.05) is 6.07 Å². The zero-order valence-corrected chi connectivity index (χ0v) is 12.3.